The van der Waals surface area contributed by atoms with Gasteiger partial charge >= 0.3 is 0 Å². The largest absolute Gasteiger partial charge is 0.375 e. The highest BCUT2D eigenvalue weighted by atomic mass is 16.2. The molecule has 1 aromatic carbocycles. The first-order valence-electron chi connectivity index (χ1n) is 9.11. The second kappa shape index (κ2) is 8.17. The van der Waals surface area contributed by atoms with Crippen molar-refractivity contribution in [3.63, 3.8) is 0 Å². The minimum Gasteiger partial charge on any atom is -0.375 e. The molecule has 0 bridgehead atoms. The van der Waals surface area contributed by atoms with Crippen LogP contribution in [0.5, 0.6) is 0 Å². The highest BCUT2D eigenvalue weighted by Crippen LogP contribution is 2.34. The number of rotatable bonds is 7. The van der Waals surface area contributed by atoms with Crippen LogP contribution in [0.1, 0.15) is 19.3 Å². The zero-order valence-corrected chi connectivity index (χ0v) is 15.1. The van der Waals surface area contributed by atoms with Gasteiger partial charge in [0.25, 0.3) is 0 Å². The molecule has 2 atom stereocenters. The predicted molar refractivity (Wildman–Crippen MR) is 99.4 cm³/mol. The Bertz CT molecular complexity index is 676. The van der Waals surface area contributed by atoms with E-state index >= 15 is 0 Å². The van der Waals surface area contributed by atoms with Crippen molar-refractivity contribution < 1.29 is 14.4 Å². The highest BCUT2D eigenvalue weighted by Gasteiger charge is 2.47. The van der Waals surface area contributed by atoms with Crippen LogP contribution in [0, 0.1) is 11.8 Å². The third kappa shape index (κ3) is 3.95. The number of hydrogen-bond acceptors (Lipinski definition) is 4. The fourth-order valence-electron chi connectivity index (χ4n) is 3.58. The van der Waals surface area contributed by atoms with Crippen molar-refractivity contribution in [3.05, 3.63) is 42.5 Å². The molecular formula is C20H25N3O3. The van der Waals surface area contributed by atoms with Crippen molar-refractivity contribution in [1.29, 1.82) is 0 Å². The first-order chi connectivity index (χ1) is 12.6. The smallest absolute Gasteiger partial charge is 0.240 e. The molecule has 3 amide bonds. The second-order valence-corrected chi connectivity index (χ2v) is 6.88. The van der Waals surface area contributed by atoms with Gasteiger partial charge < -0.3 is 10.2 Å². The minimum absolute atomic E-state index is 0.167. The summed E-state index contributed by atoms with van der Waals surface area (Å²) in [5.41, 5.74) is 1.13. The topological polar surface area (TPSA) is 69.7 Å². The number of nitrogens with one attached hydrogen (secondary N) is 1. The Hall–Kier alpha value is -2.63. The van der Waals surface area contributed by atoms with Gasteiger partial charge in [-0.15, -0.1) is 0 Å². The van der Waals surface area contributed by atoms with Crippen LogP contribution >= 0.6 is 0 Å². The van der Waals surface area contributed by atoms with Gasteiger partial charge in [-0.3, -0.25) is 19.3 Å². The lowest BCUT2D eigenvalue weighted by molar-refractivity contribution is -0.143. The van der Waals surface area contributed by atoms with E-state index < -0.39 is 0 Å². The molecule has 1 aromatic rings. The summed E-state index contributed by atoms with van der Waals surface area (Å²) in [6.45, 7) is 1.15. The van der Waals surface area contributed by atoms with Crippen molar-refractivity contribution >= 4 is 23.4 Å². The van der Waals surface area contributed by atoms with Crippen LogP contribution in [0.2, 0.25) is 0 Å². The standard InChI is InChI=1S/C20H25N3O3/c1-22(15-8-3-2-4-9-15)13-7-12-21-18(24)14-23-19(25)16-10-5-6-11-17(16)20(23)26/h2-6,8-9,16-17H,7,10-14H2,1H3,(H,21,24). The van der Waals surface area contributed by atoms with Gasteiger partial charge in [0.15, 0.2) is 0 Å². The Morgan fingerprint density at radius 3 is 2.35 bits per heavy atom. The summed E-state index contributed by atoms with van der Waals surface area (Å²) in [6, 6.07) is 10.0. The van der Waals surface area contributed by atoms with Crippen LogP contribution < -0.4 is 10.2 Å². The zero-order chi connectivity index (χ0) is 18.5. The lowest BCUT2D eigenvalue weighted by atomic mass is 9.85. The molecule has 138 valence electrons. The molecule has 1 fully saturated rings. The average Bonchev–Trinajstić information content (AvgIpc) is 2.91. The van der Waals surface area contributed by atoms with Gasteiger partial charge in [-0.1, -0.05) is 30.4 Å². The van der Waals surface area contributed by atoms with E-state index in [4.69, 9.17) is 0 Å². The number of para-hydroxylation sites is 1. The molecular weight excluding hydrogens is 330 g/mol. The molecule has 6 heteroatoms. The predicted octanol–water partition coefficient (Wildman–Crippen LogP) is 1.58. The van der Waals surface area contributed by atoms with Gasteiger partial charge in [0, 0.05) is 25.8 Å². The third-order valence-corrected chi connectivity index (χ3v) is 5.09. The molecule has 1 heterocycles. The van der Waals surface area contributed by atoms with E-state index in [2.05, 4.69) is 10.2 Å². The summed E-state index contributed by atoms with van der Waals surface area (Å²) in [6.07, 6.45) is 5.87. The summed E-state index contributed by atoms with van der Waals surface area (Å²) in [5, 5.41) is 2.81. The van der Waals surface area contributed by atoms with Crippen molar-refractivity contribution in [3.8, 4) is 0 Å². The second-order valence-electron chi connectivity index (χ2n) is 6.88. The molecule has 2 unspecified atom stereocenters. The highest BCUT2D eigenvalue weighted by molar-refractivity contribution is 6.07. The molecule has 0 saturated carbocycles. The molecule has 1 N–H and O–H groups in total. The fourth-order valence-corrected chi connectivity index (χ4v) is 3.58. The number of carbonyl (C=O) groups excluding carboxylic acids is 3. The molecule has 26 heavy (non-hydrogen) atoms. The number of nitrogens with zero attached hydrogens (tertiary/aromatic N) is 2. The van der Waals surface area contributed by atoms with E-state index in [0.29, 0.717) is 19.4 Å². The molecule has 0 spiro atoms. The van der Waals surface area contributed by atoms with E-state index in [1.807, 2.05) is 49.5 Å². The SMILES string of the molecule is CN(CCCNC(=O)CN1C(=O)C2CC=CCC2C1=O)c1ccccc1. The minimum atomic E-state index is -0.278. The van der Waals surface area contributed by atoms with Crippen LogP contribution in [0.15, 0.2) is 42.5 Å². The van der Waals surface area contributed by atoms with E-state index in [-0.39, 0.29) is 36.1 Å². The summed E-state index contributed by atoms with van der Waals surface area (Å²) >= 11 is 0. The Balaban J connectivity index is 1.41. The van der Waals surface area contributed by atoms with E-state index in [1.165, 1.54) is 0 Å². The first-order valence-corrected chi connectivity index (χ1v) is 9.11. The number of fused-ring (bicyclic) bond motifs is 1. The van der Waals surface area contributed by atoms with Crippen LogP contribution in [0.3, 0.4) is 0 Å². The van der Waals surface area contributed by atoms with Crippen molar-refractivity contribution in [1.82, 2.24) is 10.2 Å². The van der Waals surface area contributed by atoms with Gasteiger partial charge in [0.1, 0.15) is 6.54 Å². The van der Waals surface area contributed by atoms with Gasteiger partial charge in [-0.2, -0.15) is 0 Å². The fraction of sp³-hybridized carbons (Fsp3) is 0.450. The maximum absolute atomic E-state index is 12.3. The maximum atomic E-state index is 12.3. The normalized spacial score (nSPS) is 21.7. The Morgan fingerprint density at radius 2 is 1.73 bits per heavy atom. The number of anilines is 1. The quantitative estimate of drug-likeness (QED) is 0.458. The van der Waals surface area contributed by atoms with Crippen LogP contribution in [-0.4, -0.2) is 49.3 Å². The monoisotopic (exact) mass is 355 g/mol. The maximum Gasteiger partial charge on any atom is 0.240 e. The lowest BCUT2D eigenvalue weighted by Gasteiger charge is -2.19. The Kier molecular flexibility index (Phi) is 5.71. The molecule has 2 aliphatic rings. The van der Waals surface area contributed by atoms with E-state index in [0.717, 1.165) is 23.6 Å². The summed E-state index contributed by atoms with van der Waals surface area (Å²) in [4.78, 5) is 40.1. The molecule has 0 radical (unpaired) electrons. The number of amides is 3. The average molecular weight is 355 g/mol. The molecule has 6 nitrogen and oxygen atoms in total. The molecule has 1 aliphatic heterocycles. The summed E-state index contributed by atoms with van der Waals surface area (Å²) in [5.74, 6) is -1.24. The van der Waals surface area contributed by atoms with Crippen LogP contribution in [0.25, 0.3) is 0 Å². The third-order valence-electron chi connectivity index (χ3n) is 5.09. The number of likely N-dealkylation sites (tertiary alicyclic amines) is 1. The number of allylic oxidation sites excluding steroid dienone is 2. The number of imide groups is 1. The van der Waals surface area contributed by atoms with Crippen LogP contribution in [-0.2, 0) is 14.4 Å². The number of benzene rings is 1. The molecule has 1 saturated heterocycles. The van der Waals surface area contributed by atoms with Gasteiger partial charge in [0.2, 0.25) is 17.7 Å². The molecule has 3 rings (SSSR count). The summed E-state index contributed by atoms with van der Waals surface area (Å²) in [7, 11) is 2.01. The van der Waals surface area contributed by atoms with Gasteiger partial charge in [0.05, 0.1) is 11.8 Å². The van der Waals surface area contributed by atoms with Crippen molar-refractivity contribution in [2.45, 2.75) is 19.3 Å². The molecule has 1 aliphatic carbocycles. The zero-order valence-electron chi connectivity index (χ0n) is 15.1. The van der Waals surface area contributed by atoms with Crippen LogP contribution in [0.4, 0.5) is 5.69 Å². The Labute approximate surface area is 153 Å². The summed E-state index contributed by atoms with van der Waals surface area (Å²) < 4.78 is 0. The van der Waals surface area contributed by atoms with Gasteiger partial charge in [-0.25, -0.2) is 0 Å². The first kappa shape index (κ1) is 18.2. The Morgan fingerprint density at radius 1 is 1.12 bits per heavy atom. The number of hydrogen-bond donors (Lipinski definition) is 1. The van der Waals surface area contributed by atoms with Crippen molar-refractivity contribution in [2.75, 3.05) is 31.6 Å². The van der Waals surface area contributed by atoms with Crippen molar-refractivity contribution in [2.24, 2.45) is 11.8 Å². The number of carbonyl (C=O) groups is 3. The molecule has 0 aromatic heterocycles. The van der Waals surface area contributed by atoms with E-state index in [9.17, 15) is 14.4 Å². The van der Waals surface area contributed by atoms with Gasteiger partial charge in [-0.05, 0) is 31.4 Å². The lowest BCUT2D eigenvalue weighted by Crippen LogP contribution is -2.41. The van der Waals surface area contributed by atoms with E-state index in [1.54, 1.807) is 0 Å².